The summed E-state index contributed by atoms with van der Waals surface area (Å²) in [5, 5.41) is 0.833. The number of rotatable bonds is 4. The third kappa shape index (κ3) is 4.34. The zero-order valence-electron chi connectivity index (χ0n) is 14.3. The highest BCUT2D eigenvalue weighted by Gasteiger charge is 2.09. The first kappa shape index (κ1) is 17.4. The van der Waals surface area contributed by atoms with E-state index in [0.29, 0.717) is 0 Å². The smallest absolute Gasteiger partial charge is 0.0912 e. The number of hydrogen-bond acceptors (Lipinski definition) is 2. The molecule has 0 unspecified atom stereocenters. The average Bonchev–Trinajstić information content (AvgIpc) is 2.59. The lowest BCUT2D eigenvalue weighted by Crippen LogP contribution is -2.31. The quantitative estimate of drug-likeness (QED) is 0.547. The van der Waals surface area contributed by atoms with Crippen LogP contribution in [-0.2, 0) is 6.42 Å². The molecule has 4 heteroatoms. The summed E-state index contributed by atoms with van der Waals surface area (Å²) < 4.78 is 0. The molecule has 1 saturated heterocycles. The Morgan fingerprint density at radius 2 is 1.83 bits per heavy atom. The molecule has 0 amide bonds. The predicted molar refractivity (Wildman–Crippen MR) is 107 cm³/mol. The summed E-state index contributed by atoms with van der Waals surface area (Å²) in [4.78, 5) is 7.03. The van der Waals surface area contributed by atoms with Gasteiger partial charge in [0.2, 0.25) is 0 Å². The van der Waals surface area contributed by atoms with E-state index in [4.69, 9.17) is 16.6 Å². The summed E-state index contributed by atoms with van der Waals surface area (Å²) in [5.74, 6) is 2.39. The van der Waals surface area contributed by atoms with Gasteiger partial charge in [0.05, 0.1) is 12.0 Å². The third-order valence-electron chi connectivity index (χ3n) is 4.40. The van der Waals surface area contributed by atoms with Crippen LogP contribution in [0.1, 0.15) is 22.3 Å². The fourth-order valence-electron chi connectivity index (χ4n) is 2.87. The average molecular weight is 359 g/mol. The van der Waals surface area contributed by atoms with Crippen molar-refractivity contribution in [3.8, 4) is 0 Å². The van der Waals surface area contributed by atoms with Crippen LogP contribution in [0.25, 0.3) is 0 Å². The second kappa shape index (κ2) is 8.09. The first-order valence-corrected chi connectivity index (χ1v) is 9.86. The number of halogens is 1. The van der Waals surface area contributed by atoms with E-state index in [1.165, 1.54) is 33.8 Å². The van der Waals surface area contributed by atoms with E-state index in [1.54, 1.807) is 0 Å². The Morgan fingerprint density at radius 1 is 1.08 bits per heavy atom. The lowest BCUT2D eigenvalue weighted by Gasteiger charge is -2.23. The van der Waals surface area contributed by atoms with Crippen LogP contribution in [0.2, 0.25) is 5.02 Å². The van der Waals surface area contributed by atoms with E-state index in [9.17, 15) is 0 Å². The normalized spacial score (nSPS) is 15.2. The van der Waals surface area contributed by atoms with Gasteiger partial charge in [-0.1, -0.05) is 35.9 Å². The molecule has 2 aromatic carbocycles. The molecule has 0 N–H and O–H groups in total. The zero-order valence-corrected chi connectivity index (χ0v) is 15.8. The number of nitrogens with zero attached hydrogens (tertiary/aromatic N) is 2. The first-order chi connectivity index (χ1) is 11.6. The van der Waals surface area contributed by atoms with Crippen LogP contribution < -0.4 is 0 Å². The van der Waals surface area contributed by atoms with Gasteiger partial charge in [0.25, 0.3) is 0 Å². The van der Waals surface area contributed by atoms with Crippen molar-refractivity contribution in [1.82, 2.24) is 4.90 Å². The molecule has 0 spiro atoms. The summed E-state index contributed by atoms with van der Waals surface area (Å²) >= 11 is 8.32. The molecule has 0 radical (unpaired) electrons. The van der Waals surface area contributed by atoms with Gasteiger partial charge < -0.3 is 4.90 Å². The van der Waals surface area contributed by atoms with Crippen molar-refractivity contribution >= 4 is 35.4 Å². The fourth-order valence-corrected chi connectivity index (χ4v) is 4.01. The van der Waals surface area contributed by atoms with Gasteiger partial charge in [-0.25, -0.2) is 4.99 Å². The van der Waals surface area contributed by atoms with Crippen LogP contribution in [0.4, 0.5) is 5.69 Å². The van der Waals surface area contributed by atoms with E-state index in [0.717, 1.165) is 30.2 Å². The number of benzene rings is 2. The maximum atomic E-state index is 6.30. The number of hydrogen-bond donors (Lipinski definition) is 0. The van der Waals surface area contributed by atoms with Crippen LogP contribution in [0.5, 0.6) is 0 Å². The summed E-state index contributed by atoms with van der Waals surface area (Å²) in [7, 11) is 0. The molecular formula is C20H23ClN2S. The van der Waals surface area contributed by atoms with Crippen LogP contribution in [-0.4, -0.2) is 35.8 Å². The van der Waals surface area contributed by atoms with E-state index >= 15 is 0 Å². The van der Waals surface area contributed by atoms with Crippen molar-refractivity contribution in [2.24, 2.45) is 4.99 Å². The van der Waals surface area contributed by atoms with Crippen molar-refractivity contribution in [3.63, 3.8) is 0 Å². The molecule has 0 bridgehead atoms. The molecule has 0 aliphatic carbocycles. The van der Waals surface area contributed by atoms with Crippen LogP contribution in [0.15, 0.2) is 41.4 Å². The molecule has 2 nitrogen and oxygen atoms in total. The van der Waals surface area contributed by atoms with Crippen LogP contribution >= 0.6 is 23.4 Å². The topological polar surface area (TPSA) is 15.6 Å². The zero-order chi connectivity index (χ0) is 16.9. The minimum atomic E-state index is 0.833. The van der Waals surface area contributed by atoms with Gasteiger partial charge in [-0.05, 0) is 54.7 Å². The van der Waals surface area contributed by atoms with Crippen LogP contribution in [0.3, 0.4) is 0 Å². The molecule has 0 aromatic heterocycles. The van der Waals surface area contributed by atoms with Gasteiger partial charge in [0, 0.05) is 29.6 Å². The van der Waals surface area contributed by atoms with Gasteiger partial charge in [-0.15, -0.1) is 0 Å². The van der Waals surface area contributed by atoms with E-state index in [-0.39, 0.29) is 0 Å². The summed E-state index contributed by atoms with van der Waals surface area (Å²) in [6, 6.07) is 12.5. The molecule has 1 aliphatic rings. The second-order valence-corrected chi connectivity index (χ2v) is 7.86. The lowest BCUT2D eigenvalue weighted by atomic mass is 9.97. The molecule has 3 rings (SSSR count). The highest BCUT2D eigenvalue weighted by atomic mass is 35.5. The van der Waals surface area contributed by atoms with E-state index < -0.39 is 0 Å². The molecule has 1 fully saturated rings. The van der Waals surface area contributed by atoms with E-state index in [1.807, 2.05) is 36.3 Å². The van der Waals surface area contributed by atoms with Crippen molar-refractivity contribution in [2.45, 2.75) is 20.3 Å². The van der Waals surface area contributed by atoms with Gasteiger partial charge in [-0.2, -0.15) is 11.8 Å². The predicted octanol–water partition coefficient (Wildman–Crippen LogP) is 5.26. The van der Waals surface area contributed by atoms with E-state index in [2.05, 4.69) is 36.9 Å². The molecule has 1 heterocycles. The first-order valence-electron chi connectivity index (χ1n) is 8.33. The van der Waals surface area contributed by atoms with Gasteiger partial charge in [0.1, 0.15) is 0 Å². The Bertz CT molecular complexity index is 736. The minimum absolute atomic E-state index is 0.833. The Labute approximate surface area is 153 Å². The van der Waals surface area contributed by atoms with Crippen LogP contribution in [0, 0.1) is 13.8 Å². The van der Waals surface area contributed by atoms with Crippen molar-refractivity contribution in [1.29, 1.82) is 0 Å². The molecule has 0 atom stereocenters. The SMILES string of the molecule is Cc1cc(/N=C/N2CCSCC2)c(C)cc1Cc1ccccc1Cl. The number of aliphatic imine (C=N–C) groups is 1. The summed E-state index contributed by atoms with van der Waals surface area (Å²) in [6.07, 6.45) is 2.87. The summed E-state index contributed by atoms with van der Waals surface area (Å²) in [6.45, 7) is 6.48. The van der Waals surface area contributed by atoms with Crippen molar-refractivity contribution in [2.75, 3.05) is 24.6 Å². The largest absolute Gasteiger partial charge is 0.361 e. The molecule has 2 aromatic rings. The summed E-state index contributed by atoms with van der Waals surface area (Å²) in [5.41, 5.74) is 6.03. The Kier molecular flexibility index (Phi) is 5.85. The number of aryl methyl sites for hydroxylation is 2. The molecule has 1 aliphatic heterocycles. The van der Waals surface area contributed by atoms with Gasteiger partial charge in [-0.3, -0.25) is 0 Å². The van der Waals surface area contributed by atoms with Gasteiger partial charge in [0.15, 0.2) is 0 Å². The standard InChI is InChI=1S/C20H23ClN2S/c1-15-12-20(22-14-23-7-9-24-10-8-23)16(2)11-18(15)13-17-5-3-4-6-19(17)21/h3-6,11-12,14H,7-10,13H2,1-2H3/b22-14+. The molecule has 126 valence electrons. The maximum Gasteiger partial charge on any atom is 0.0912 e. The third-order valence-corrected chi connectivity index (χ3v) is 5.71. The second-order valence-electron chi connectivity index (χ2n) is 6.23. The van der Waals surface area contributed by atoms with Crippen molar-refractivity contribution < 1.29 is 0 Å². The minimum Gasteiger partial charge on any atom is -0.361 e. The Balaban J connectivity index is 1.78. The Morgan fingerprint density at radius 3 is 2.58 bits per heavy atom. The molecular weight excluding hydrogens is 336 g/mol. The molecule has 0 saturated carbocycles. The number of thioether (sulfide) groups is 1. The highest BCUT2D eigenvalue weighted by Crippen LogP contribution is 2.27. The lowest BCUT2D eigenvalue weighted by molar-refractivity contribution is 0.477. The van der Waals surface area contributed by atoms with Gasteiger partial charge >= 0.3 is 0 Å². The monoisotopic (exact) mass is 358 g/mol. The Hall–Kier alpha value is -1.45. The van der Waals surface area contributed by atoms with Crippen molar-refractivity contribution in [3.05, 3.63) is 63.7 Å². The maximum absolute atomic E-state index is 6.30. The molecule has 24 heavy (non-hydrogen) atoms. The highest BCUT2D eigenvalue weighted by molar-refractivity contribution is 7.99. The fraction of sp³-hybridized carbons (Fsp3) is 0.350.